The van der Waals surface area contributed by atoms with Gasteiger partial charge in [0.05, 0.1) is 0 Å². The Morgan fingerprint density at radius 3 is 1.98 bits per heavy atom. The largest absolute Gasteiger partial charge is 0.400 e. The molecule has 3 N–H and O–H groups in total. The maximum atomic E-state index is 13.0. The van der Waals surface area contributed by atoms with Gasteiger partial charge < -0.3 is 29.4 Å². The van der Waals surface area contributed by atoms with E-state index >= 15 is 0 Å². The van der Waals surface area contributed by atoms with E-state index in [1.807, 2.05) is 6.92 Å². The summed E-state index contributed by atoms with van der Waals surface area (Å²) in [5, 5.41) is 28.7. The van der Waals surface area contributed by atoms with Gasteiger partial charge in [0.15, 0.2) is 0 Å². The number of aromatic nitrogens is 2. The zero-order chi connectivity index (χ0) is 39.8. The number of likely N-dealkylation sites (tertiary alicyclic amines) is 1. The number of ketones is 2. The van der Waals surface area contributed by atoms with Crippen LogP contribution in [0, 0.1) is 23.7 Å². The lowest BCUT2D eigenvalue weighted by molar-refractivity contribution is -0.128. The summed E-state index contributed by atoms with van der Waals surface area (Å²) in [7, 11) is 9.55. The minimum atomic E-state index is -0.0765. The Hall–Kier alpha value is -3.60. The van der Waals surface area contributed by atoms with Gasteiger partial charge in [0, 0.05) is 124 Å². The number of Topliss-reactive ketones (excluding diaryl/α,β-unsaturated/α-hetero) is 2. The second-order valence-corrected chi connectivity index (χ2v) is 17.1. The van der Waals surface area contributed by atoms with Crippen LogP contribution in [0.25, 0.3) is 27.4 Å². The first-order chi connectivity index (χ1) is 26.4. The lowest BCUT2D eigenvalue weighted by Crippen LogP contribution is -2.58. The van der Waals surface area contributed by atoms with E-state index in [1.54, 1.807) is 0 Å². The van der Waals surface area contributed by atoms with Gasteiger partial charge in [-0.05, 0) is 85.2 Å². The number of hydrogen-bond acceptors (Lipinski definition) is 7. The van der Waals surface area contributed by atoms with Gasteiger partial charge in [-0.25, -0.2) is 0 Å². The predicted molar refractivity (Wildman–Crippen MR) is 222 cm³/mol. The fourth-order valence-corrected chi connectivity index (χ4v) is 10.4. The average Bonchev–Trinajstić information content (AvgIpc) is 3.70. The van der Waals surface area contributed by atoms with Crippen molar-refractivity contribution < 1.29 is 24.9 Å². The molecule has 0 spiro atoms. The zero-order valence-electron chi connectivity index (χ0n) is 34.4. The molecular formula is C46H64N4O5. The Morgan fingerprint density at radius 1 is 0.782 bits per heavy atom. The van der Waals surface area contributed by atoms with Crippen LogP contribution in [0.5, 0.6) is 0 Å². The first kappa shape index (κ1) is 41.0. The van der Waals surface area contributed by atoms with E-state index in [2.05, 4.69) is 116 Å². The standard InChI is InChI=1S/C23H32N2O2.C22H28N2O2.CH4O/c1-5-15(14-26)9-20(27)17-11-23(2)18-7-6-8-19-22(18)16(12-24(19)3)10-21(23)25(4)13-17;1-4-14(13-25)8-21(26)15-9-18-17-6-5-7-19-22(17)16(12-23(19)2)10-20(18)24(3)11-15;1-2/h6-8,12,15,17,21,26H,5,9-11,13-14H2,1-4H3;5-7,9,12,14-15,20,25H,4,8,10-11,13H2,1-3H3;2H,1H3/t15?,17?,21-,23-;14?,15?,20-;/m11./s1. The summed E-state index contributed by atoms with van der Waals surface area (Å²) in [5.41, 5.74) is 9.39. The van der Waals surface area contributed by atoms with Crippen LogP contribution in [0.2, 0.25) is 0 Å². The topological polar surface area (TPSA) is 111 Å². The van der Waals surface area contributed by atoms with Crippen molar-refractivity contribution in [2.75, 3.05) is 47.5 Å². The SMILES string of the molecule is CCC(CO)CC(=O)C1C=C2c3cccc4c3c(cn4C)C[C@H]2N(C)C1.CCC(CO)CC(=O)C1CN(C)[C@@H]2Cc3cn(C)c4cccc(c34)[C@@]2(C)C1.CO. The molecule has 2 aromatic heterocycles. The monoisotopic (exact) mass is 752 g/mol. The molecule has 9 nitrogen and oxygen atoms in total. The Kier molecular flexibility index (Phi) is 12.6. The lowest BCUT2D eigenvalue weighted by Gasteiger charge is -2.52. The van der Waals surface area contributed by atoms with E-state index in [9.17, 15) is 19.8 Å². The highest BCUT2D eigenvalue weighted by molar-refractivity contribution is 6.00. The maximum Gasteiger partial charge on any atom is 0.141 e. The molecule has 1 saturated heterocycles. The fraction of sp³-hybridized carbons (Fsp3) is 0.565. The van der Waals surface area contributed by atoms with Crippen LogP contribution in [0.3, 0.4) is 0 Å². The van der Waals surface area contributed by atoms with Crippen molar-refractivity contribution in [1.82, 2.24) is 18.9 Å². The molecule has 1 fully saturated rings. The highest BCUT2D eigenvalue weighted by Gasteiger charge is 2.49. The van der Waals surface area contributed by atoms with Crippen LogP contribution < -0.4 is 0 Å². The van der Waals surface area contributed by atoms with Crippen molar-refractivity contribution in [3.05, 3.63) is 77.1 Å². The molecule has 0 saturated carbocycles. The Balaban J connectivity index is 0.000000179. The van der Waals surface area contributed by atoms with Crippen LogP contribution in [-0.4, -0.2) is 105 Å². The van der Waals surface area contributed by atoms with Crippen LogP contribution in [-0.2, 0) is 41.9 Å². The highest BCUT2D eigenvalue weighted by atomic mass is 16.3. The van der Waals surface area contributed by atoms with Gasteiger partial charge in [-0.2, -0.15) is 0 Å². The van der Waals surface area contributed by atoms with Crippen molar-refractivity contribution in [2.24, 2.45) is 37.8 Å². The summed E-state index contributed by atoms with van der Waals surface area (Å²) in [4.78, 5) is 30.6. The summed E-state index contributed by atoms with van der Waals surface area (Å²) in [6.45, 7) is 8.26. The second-order valence-electron chi connectivity index (χ2n) is 17.1. The first-order valence-electron chi connectivity index (χ1n) is 20.4. The first-order valence-corrected chi connectivity index (χ1v) is 20.4. The van der Waals surface area contributed by atoms with E-state index in [0.717, 1.165) is 52.3 Å². The van der Waals surface area contributed by atoms with Crippen LogP contribution in [0.1, 0.15) is 75.1 Å². The van der Waals surface area contributed by atoms with Gasteiger partial charge in [0.2, 0.25) is 0 Å². The molecule has 8 rings (SSSR count). The predicted octanol–water partition coefficient (Wildman–Crippen LogP) is 5.92. The van der Waals surface area contributed by atoms with E-state index in [1.165, 1.54) is 49.6 Å². The van der Waals surface area contributed by atoms with Crippen molar-refractivity contribution in [2.45, 2.75) is 83.2 Å². The van der Waals surface area contributed by atoms with Gasteiger partial charge in [-0.3, -0.25) is 14.5 Å². The van der Waals surface area contributed by atoms with E-state index < -0.39 is 0 Å². The number of rotatable bonds is 10. The summed E-state index contributed by atoms with van der Waals surface area (Å²) < 4.78 is 4.45. The third-order valence-electron chi connectivity index (χ3n) is 13.7. The Labute approximate surface area is 327 Å². The van der Waals surface area contributed by atoms with Gasteiger partial charge in [0.25, 0.3) is 0 Å². The third-order valence-corrected chi connectivity index (χ3v) is 13.7. The Bertz CT molecular complexity index is 2040. The molecule has 2 aliphatic heterocycles. The lowest BCUT2D eigenvalue weighted by atomic mass is 9.61. The molecule has 4 heterocycles. The number of likely N-dealkylation sites (N-methyl/N-ethyl adjacent to an activating group) is 2. The summed E-state index contributed by atoms with van der Waals surface area (Å²) in [5.74, 6) is 0.747. The number of nitrogens with zero attached hydrogens (tertiary/aromatic N) is 4. The molecule has 0 bridgehead atoms. The number of piperidine rings is 1. The number of aliphatic hydroxyl groups is 3. The average molecular weight is 753 g/mol. The molecule has 4 aliphatic rings. The fourth-order valence-electron chi connectivity index (χ4n) is 10.4. The summed E-state index contributed by atoms with van der Waals surface area (Å²) in [6.07, 6.45) is 12.4. The van der Waals surface area contributed by atoms with Gasteiger partial charge in [-0.15, -0.1) is 0 Å². The molecule has 7 atom stereocenters. The molecule has 55 heavy (non-hydrogen) atoms. The molecule has 4 unspecified atom stereocenters. The molecule has 2 aliphatic carbocycles. The minimum Gasteiger partial charge on any atom is -0.400 e. The summed E-state index contributed by atoms with van der Waals surface area (Å²) >= 11 is 0. The molecule has 0 radical (unpaired) electrons. The molecule has 298 valence electrons. The molecule has 0 amide bonds. The number of aliphatic hydroxyl groups excluding tert-OH is 3. The highest BCUT2D eigenvalue weighted by Crippen LogP contribution is 2.49. The van der Waals surface area contributed by atoms with E-state index in [-0.39, 0.29) is 48.1 Å². The molecule has 2 aromatic carbocycles. The number of benzene rings is 2. The zero-order valence-corrected chi connectivity index (χ0v) is 34.4. The number of aryl methyl sites for hydroxylation is 2. The molecule has 9 heteroatoms. The quantitative estimate of drug-likeness (QED) is 0.185. The smallest absolute Gasteiger partial charge is 0.141 e. The van der Waals surface area contributed by atoms with Crippen molar-refractivity contribution >= 4 is 38.9 Å². The van der Waals surface area contributed by atoms with Crippen LogP contribution >= 0.6 is 0 Å². The summed E-state index contributed by atoms with van der Waals surface area (Å²) in [6, 6.07) is 13.9. The third kappa shape index (κ3) is 7.51. The van der Waals surface area contributed by atoms with Crippen molar-refractivity contribution in [3.8, 4) is 0 Å². The second kappa shape index (κ2) is 16.9. The van der Waals surface area contributed by atoms with Gasteiger partial charge >= 0.3 is 0 Å². The van der Waals surface area contributed by atoms with E-state index in [4.69, 9.17) is 5.11 Å². The Morgan fingerprint density at radius 2 is 1.36 bits per heavy atom. The maximum absolute atomic E-state index is 13.0. The normalized spacial score (nSPS) is 25.5. The van der Waals surface area contributed by atoms with Gasteiger partial charge in [-0.1, -0.05) is 64.0 Å². The number of carbonyl (C=O) groups excluding carboxylic acids is 2. The number of hydrogen-bond donors (Lipinski definition) is 3. The van der Waals surface area contributed by atoms with Crippen LogP contribution in [0.4, 0.5) is 0 Å². The van der Waals surface area contributed by atoms with Gasteiger partial charge in [0.1, 0.15) is 11.6 Å². The minimum absolute atomic E-state index is 0.0118. The van der Waals surface area contributed by atoms with Crippen molar-refractivity contribution in [3.63, 3.8) is 0 Å². The van der Waals surface area contributed by atoms with Crippen molar-refractivity contribution in [1.29, 1.82) is 0 Å². The number of fused-ring (bicyclic) bond motifs is 4. The molecule has 4 aromatic rings. The number of carbonyl (C=O) groups is 2. The van der Waals surface area contributed by atoms with Crippen LogP contribution in [0.15, 0.2) is 54.9 Å². The molecular weight excluding hydrogens is 689 g/mol. The van der Waals surface area contributed by atoms with E-state index in [0.29, 0.717) is 30.7 Å².